The molecule has 1 aliphatic heterocycles. The van der Waals surface area contributed by atoms with Crippen molar-refractivity contribution in [1.29, 1.82) is 0 Å². The van der Waals surface area contributed by atoms with Crippen molar-refractivity contribution < 1.29 is 9.63 Å². The van der Waals surface area contributed by atoms with E-state index in [0.717, 1.165) is 29.8 Å². The number of amides is 2. The Morgan fingerprint density at radius 1 is 0.902 bits per heavy atom. The first-order valence-electron chi connectivity index (χ1n) is 13.2. The smallest absolute Gasteiger partial charge is 0.321 e. The van der Waals surface area contributed by atoms with Gasteiger partial charge in [-0.25, -0.2) is 14.8 Å². The number of carbonyl (C=O) groups excluding carboxylic acids is 1. The molecule has 2 N–H and O–H groups in total. The van der Waals surface area contributed by atoms with Gasteiger partial charge in [0.1, 0.15) is 0 Å². The van der Waals surface area contributed by atoms with Gasteiger partial charge in [0, 0.05) is 48.7 Å². The molecule has 41 heavy (non-hydrogen) atoms. The molecule has 204 valence electrons. The Hall–Kier alpha value is -5.47. The molecule has 1 saturated heterocycles. The van der Waals surface area contributed by atoms with E-state index in [2.05, 4.69) is 42.6 Å². The number of hydrogen-bond donors (Lipinski definition) is 2. The molecule has 5 aromatic rings. The molecule has 0 unspecified atom stereocenters. The largest absolute Gasteiger partial charge is 0.346 e. The summed E-state index contributed by atoms with van der Waals surface area (Å²) in [7, 11) is 0. The molecular formula is C30H27N9O2. The van der Waals surface area contributed by atoms with Crippen LogP contribution in [0.3, 0.4) is 0 Å². The molecule has 2 amide bonds. The maximum absolute atomic E-state index is 13.0. The molecule has 0 aliphatic carbocycles. The van der Waals surface area contributed by atoms with Gasteiger partial charge in [-0.15, -0.1) is 0 Å². The van der Waals surface area contributed by atoms with E-state index >= 15 is 0 Å². The monoisotopic (exact) mass is 545 g/mol. The number of anilines is 3. The molecule has 1 atom stereocenters. The number of nitrogens with zero attached hydrogens (tertiary/aromatic N) is 7. The summed E-state index contributed by atoms with van der Waals surface area (Å²) in [6, 6.07) is 18.7. The normalized spacial score (nSPS) is 14.3. The predicted molar refractivity (Wildman–Crippen MR) is 153 cm³/mol. The fourth-order valence-corrected chi connectivity index (χ4v) is 4.42. The summed E-state index contributed by atoms with van der Waals surface area (Å²) < 4.78 is 3.69. The highest BCUT2D eigenvalue weighted by molar-refractivity contribution is 5.89. The van der Waals surface area contributed by atoms with Gasteiger partial charge in [-0.05, 0) is 29.8 Å². The number of aromatic nitrogens is 6. The maximum atomic E-state index is 13.0. The first-order valence-corrected chi connectivity index (χ1v) is 13.2. The first kappa shape index (κ1) is 25.8. The van der Waals surface area contributed by atoms with Crippen LogP contribution in [0.4, 0.5) is 22.1 Å². The molecule has 1 fully saturated rings. The number of rotatable bonds is 7. The van der Waals surface area contributed by atoms with E-state index in [-0.39, 0.29) is 12.1 Å². The van der Waals surface area contributed by atoms with E-state index in [1.807, 2.05) is 82.4 Å². The van der Waals surface area contributed by atoms with Crippen LogP contribution in [0, 0.1) is 11.8 Å². The quantitative estimate of drug-likeness (QED) is 0.287. The van der Waals surface area contributed by atoms with Crippen molar-refractivity contribution in [2.24, 2.45) is 0 Å². The minimum atomic E-state index is -0.318. The van der Waals surface area contributed by atoms with Crippen LogP contribution in [0.1, 0.15) is 29.2 Å². The van der Waals surface area contributed by atoms with E-state index in [9.17, 15) is 4.79 Å². The zero-order valence-corrected chi connectivity index (χ0v) is 22.1. The number of carbonyl (C=O) groups is 1. The van der Waals surface area contributed by atoms with Gasteiger partial charge in [-0.1, -0.05) is 48.2 Å². The van der Waals surface area contributed by atoms with E-state index in [0.29, 0.717) is 30.4 Å². The summed E-state index contributed by atoms with van der Waals surface area (Å²) in [5.41, 5.74) is 3.87. The van der Waals surface area contributed by atoms with E-state index in [4.69, 9.17) is 4.84 Å². The van der Waals surface area contributed by atoms with Crippen LogP contribution in [-0.4, -0.2) is 47.2 Å². The van der Waals surface area contributed by atoms with Crippen molar-refractivity contribution in [3.63, 3.8) is 0 Å². The SMILES string of the molecule is O=C(Nc1cccc(C#Cc2cnc(Nc3cnn(CCn4cccn4)c3)nc2)c1)N1OCC[C@H]1c1ccccc1. The highest BCUT2D eigenvalue weighted by atomic mass is 16.7. The van der Waals surface area contributed by atoms with Crippen molar-refractivity contribution in [1.82, 2.24) is 34.6 Å². The fourth-order valence-electron chi connectivity index (χ4n) is 4.42. The van der Waals surface area contributed by atoms with Gasteiger partial charge in [-0.2, -0.15) is 15.3 Å². The Balaban J connectivity index is 1.04. The van der Waals surface area contributed by atoms with Gasteiger partial charge in [0.25, 0.3) is 0 Å². The maximum Gasteiger partial charge on any atom is 0.346 e. The lowest BCUT2D eigenvalue weighted by molar-refractivity contribution is -0.0829. The molecular weight excluding hydrogens is 518 g/mol. The molecule has 0 radical (unpaired) electrons. The number of hydrogen-bond acceptors (Lipinski definition) is 7. The minimum Gasteiger partial charge on any atom is -0.321 e. The van der Waals surface area contributed by atoms with Crippen LogP contribution in [0.25, 0.3) is 0 Å². The zero-order chi connectivity index (χ0) is 27.9. The highest BCUT2D eigenvalue weighted by Gasteiger charge is 2.31. The number of urea groups is 1. The number of nitrogens with one attached hydrogen (secondary N) is 2. The molecule has 2 aromatic carbocycles. The van der Waals surface area contributed by atoms with Crippen molar-refractivity contribution in [3.8, 4) is 11.8 Å². The molecule has 4 heterocycles. The van der Waals surface area contributed by atoms with Gasteiger partial charge >= 0.3 is 6.03 Å². The van der Waals surface area contributed by atoms with Gasteiger partial charge in [0.2, 0.25) is 5.95 Å². The Kier molecular flexibility index (Phi) is 7.64. The summed E-state index contributed by atoms with van der Waals surface area (Å²) in [5.74, 6) is 6.63. The van der Waals surface area contributed by atoms with Crippen LogP contribution >= 0.6 is 0 Å². The summed E-state index contributed by atoms with van der Waals surface area (Å²) in [6.07, 6.45) is 11.4. The molecule has 0 bridgehead atoms. The number of hydroxylamine groups is 2. The second-order valence-electron chi connectivity index (χ2n) is 9.32. The van der Waals surface area contributed by atoms with Gasteiger partial charge in [0.15, 0.2) is 0 Å². The summed E-state index contributed by atoms with van der Waals surface area (Å²) in [4.78, 5) is 27.3. The van der Waals surface area contributed by atoms with Crippen molar-refractivity contribution in [2.75, 3.05) is 17.2 Å². The third-order valence-corrected chi connectivity index (χ3v) is 6.41. The highest BCUT2D eigenvalue weighted by Crippen LogP contribution is 2.30. The third kappa shape index (κ3) is 6.58. The Morgan fingerprint density at radius 3 is 2.56 bits per heavy atom. The second kappa shape index (κ2) is 12.1. The van der Waals surface area contributed by atoms with Crippen molar-refractivity contribution in [2.45, 2.75) is 25.6 Å². The first-order chi connectivity index (χ1) is 20.2. The summed E-state index contributed by atoms with van der Waals surface area (Å²) in [6.45, 7) is 1.92. The van der Waals surface area contributed by atoms with Gasteiger partial charge < -0.3 is 10.6 Å². The van der Waals surface area contributed by atoms with Crippen LogP contribution in [0.5, 0.6) is 0 Å². The molecule has 0 saturated carbocycles. The summed E-state index contributed by atoms with van der Waals surface area (Å²) >= 11 is 0. The Bertz CT molecular complexity index is 1660. The lowest BCUT2D eigenvalue weighted by Gasteiger charge is -2.23. The Labute approximate surface area is 236 Å². The van der Waals surface area contributed by atoms with Crippen LogP contribution in [-0.2, 0) is 17.9 Å². The average molecular weight is 546 g/mol. The van der Waals surface area contributed by atoms with Gasteiger partial charge in [-0.3, -0.25) is 14.2 Å². The van der Waals surface area contributed by atoms with Crippen molar-refractivity contribution in [3.05, 3.63) is 115 Å². The molecule has 0 spiro atoms. The van der Waals surface area contributed by atoms with E-state index < -0.39 is 0 Å². The van der Waals surface area contributed by atoms with E-state index in [1.165, 1.54) is 5.06 Å². The average Bonchev–Trinajstić information content (AvgIpc) is 3.79. The standard InChI is InChI=1S/C30H27N9O2/c40-30(39-28(12-17-41-39)25-7-2-1-3-8-25)36-26-9-4-6-23(18-26)10-11-24-19-31-29(32-20-24)35-27-21-34-38(22-27)16-15-37-14-5-13-33-37/h1-9,13-14,18-22,28H,12,15-17H2,(H,36,40)(H,31,32,35)/t28-/m0/s1. The minimum absolute atomic E-state index is 0.125. The molecule has 11 heteroatoms. The van der Waals surface area contributed by atoms with Crippen LogP contribution in [0.15, 0.2) is 97.8 Å². The lowest BCUT2D eigenvalue weighted by atomic mass is 10.1. The topological polar surface area (TPSA) is 115 Å². The molecule has 3 aromatic heterocycles. The fraction of sp³-hybridized carbons (Fsp3) is 0.167. The van der Waals surface area contributed by atoms with Gasteiger partial charge in [0.05, 0.1) is 43.2 Å². The predicted octanol–water partition coefficient (Wildman–Crippen LogP) is 4.62. The zero-order valence-electron chi connectivity index (χ0n) is 22.1. The summed E-state index contributed by atoms with van der Waals surface area (Å²) in [5, 5.41) is 16.0. The molecule has 11 nitrogen and oxygen atoms in total. The second-order valence-corrected chi connectivity index (χ2v) is 9.32. The van der Waals surface area contributed by atoms with Crippen LogP contribution in [0.2, 0.25) is 0 Å². The lowest BCUT2D eigenvalue weighted by Crippen LogP contribution is -2.33. The number of benzene rings is 2. The Morgan fingerprint density at radius 2 is 1.73 bits per heavy atom. The third-order valence-electron chi connectivity index (χ3n) is 6.41. The molecule has 1 aliphatic rings. The van der Waals surface area contributed by atoms with Crippen LogP contribution < -0.4 is 10.6 Å². The van der Waals surface area contributed by atoms with Crippen molar-refractivity contribution >= 4 is 23.4 Å². The number of aryl methyl sites for hydroxylation is 2. The molecule has 6 rings (SSSR count). The van der Waals surface area contributed by atoms with E-state index in [1.54, 1.807) is 24.8 Å².